The summed E-state index contributed by atoms with van der Waals surface area (Å²) in [6.07, 6.45) is 1.22. The second-order valence-electron chi connectivity index (χ2n) is 6.29. The second kappa shape index (κ2) is 8.43. The molecule has 2 aromatic rings. The Balaban J connectivity index is 1.76. The highest BCUT2D eigenvalue weighted by Crippen LogP contribution is 2.25. The van der Waals surface area contributed by atoms with E-state index in [-0.39, 0.29) is 17.3 Å². The molecule has 1 aromatic carbocycles. The largest absolute Gasteiger partial charge is 0.467 e. The van der Waals surface area contributed by atoms with Crippen molar-refractivity contribution in [1.82, 2.24) is 19.7 Å². The van der Waals surface area contributed by atoms with Crippen LogP contribution in [0.3, 0.4) is 0 Å². The molecule has 0 saturated carbocycles. The maximum Gasteiger partial charge on any atom is 0.343 e. The molecule has 0 spiro atoms. The quantitative estimate of drug-likeness (QED) is 0.588. The van der Waals surface area contributed by atoms with Gasteiger partial charge in [0.2, 0.25) is 5.91 Å². The topological polar surface area (TPSA) is 97.3 Å². The van der Waals surface area contributed by atoms with Gasteiger partial charge >= 0.3 is 11.7 Å². The molecule has 1 aliphatic heterocycles. The lowest BCUT2D eigenvalue weighted by molar-refractivity contribution is -0.153. The number of thioether (sulfide) groups is 1. The van der Waals surface area contributed by atoms with Crippen LogP contribution in [0.4, 0.5) is 0 Å². The summed E-state index contributed by atoms with van der Waals surface area (Å²) in [5, 5.41) is 6.87. The lowest BCUT2D eigenvalue weighted by Crippen LogP contribution is -2.49. The minimum Gasteiger partial charge on any atom is -0.467 e. The minimum absolute atomic E-state index is 0.0870. The maximum atomic E-state index is 12.9. The Morgan fingerprint density at radius 2 is 2.07 bits per heavy atom. The normalized spacial score (nSPS) is 16.1. The third kappa shape index (κ3) is 4.08. The van der Waals surface area contributed by atoms with Gasteiger partial charge in [-0.15, -0.1) is 5.10 Å². The number of carbonyl (C=O) groups is 2. The molecule has 1 aromatic heterocycles. The zero-order valence-electron chi connectivity index (χ0n) is 15.3. The van der Waals surface area contributed by atoms with Crippen molar-refractivity contribution >= 4 is 23.6 Å². The van der Waals surface area contributed by atoms with Crippen molar-refractivity contribution in [3.8, 4) is 0 Å². The zero-order valence-corrected chi connectivity index (χ0v) is 16.1. The van der Waals surface area contributed by atoms with E-state index in [1.807, 2.05) is 31.2 Å². The minimum atomic E-state index is -0.644. The van der Waals surface area contributed by atoms with E-state index in [1.54, 1.807) is 4.90 Å². The first-order chi connectivity index (χ1) is 13.0. The fourth-order valence-electron chi connectivity index (χ4n) is 3.18. The van der Waals surface area contributed by atoms with Crippen molar-refractivity contribution in [2.45, 2.75) is 44.1 Å². The van der Waals surface area contributed by atoms with Crippen molar-refractivity contribution in [3.63, 3.8) is 0 Å². The van der Waals surface area contributed by atoms with Crippen LogP contribution < -0.4 is 5.69 Å². The molecule has 0 saturated heterocycles. The molecule has 1 atom stereocenters. The molecule has 9 heteroatoms. The fraction of sp³-hybridized carbons (Fsp3) is 0.444. The smallest absolute Gasteiger partial charge is 0.343 e. The number of aromatic amines is 1. The zero-order chi connectivity index (χ0) is 19.4. The number of hydrogen-bond donors (Lipinski definition) is 1. The summed E-state index contributed by atoms with van der Waals surface area (Å²) < 4.78 is 6.42. The first-order valence-corrected chi connectivity index (χ1v) is 9.75. The predicted molar refractivity (Wildman–Crippen MR) is 100 cm³/mol. The van der Waals surface area contributed by atoms with Gasteiger partial charge in [0.05, 0.1) is 12.9 Å². The number of nitrogens with zero attached hydrogens (tertiary/aromatic N) is 3. The van der Waals surface area contributed by atoms with E-state index in [2.05, 4.69) is 10.2 Å². The summed E-state index contributed by atoms with van der Waals surface area (Å²) in [5.74, 6) is -0.530. The summed E-state index contributed by atoms with van der Waals surface area (Å²) in [6, 6.07) is 7.13. The lowest BCUT2D eigenvalue weighted by Gasteiger charge is -2.35. The van der Waals surface area contributed by atoms with E-state index in [9.17, 15) is 14.4 Å². The molecule has 1 amide bonds. The van der Waals surface area contributed by atoms with Gasteiger partial charge in [-0.2, -0.15) is 0 Å². The number of amides is 1. The number of aromatic nitrogens is 3. The van der Waals surface area contributed by atoms with E-state index < -0.39 is 12.0 Å². The number of nitrogens with one attached hydrogen (secondary N) is 1. The summed E-state index contributed by atoms with van der Waals surface area (Å²) >= 11 is 1.19. The molecule has 1 N–H and O–H groups in total. The SMILES string of the molecule is CCCn1c(SCC(=O)N2Cc3ccccc3C[C@@H]2C(=O)OC)n[nH]c1=O. The maximum absolute atomic E-state index is 12.9. The summed E-state index contributed by atoms with van der Waals surface area (Å²) in [6.45, 7) is 2.86. The number of benzene rings is 1. The van der Waals surface area contributed by atoms with Crippen molar-refractivity contribution in [1.29, 1.82) is 0 Å². The van der Waals surface area contributed by atoms with Gasteiger partial charge in [0.25, 0.3) is 0 Å². The molecule has 3 rings (SSSR count). The monoisotopic (exact) mass is 390 g/mol. The molecule has 27 heavy (non-hydrogen) atoms. The number of carbonyl (C=O) groups excluding carboxylic acids is 2. The number of esters is 1. The Kier molecular flexibility index (Phi) is 6.00. The van der Waals surface area contributed by atoms with Gasteiger partial charge < -0.3 is 9.64 Å². The molecule has 0 fully saturated rings. The van der Waals surface area contributed by atoms with Crippen LogP contribution >= 0.6 is 11.8 Å². The van der Waals surface area contributed by atoms with Gasteiger partial charge in [-0.3, -0.25) is 9.36 Å². The third-order valence-electron chi connectivity index (χ3n) is 4.54. The first-order valence-electron chi connectivity index (χ1n) is 8.77. The van der Waals surface area contributed by atoms with E-state index in [4.69, 9.17) is 4.74 Å². The highest BCUT2D eigenvalue weighted by Gasteiger charge is 2.35. The Morgan fingerprint density at radius 1 is 1.33 bits per heavy atom. The van der Waals surface area contributed by atoms with Crippen LogP contribution in [-0.2, 0) is 33.8 Å². The van der Waals surface area contributed by atoms with E-state index in [1.165, 1.54) is 23.4 Å². The molecule has 2 heterocycles. The van der Waals surface area contributed by atoms with Crippen LogP contribution in [0.15, 0.2) is 34.2 Å². The number of fused-ring (bicyclic) bond motifs is 1. The van der Waals surface area contributed by atoms with Crippen molar-refractivity contribution in [2.75, 3.05) is 12.9 Å². The van der Waals surface area contributed by atoms with Crippen LogP contribution in [0.5, 0.6) is 0 Å². The van der Waals surface area contributed by atoms with Crippen LogP contribution in [0.1, 0.15) is 24.5 Å². The molecule has 0 aliphatic carbocycles. The number of ether oxygens (including phenoxy) is 1. The van der Waals surface area contributed by atoms with Gasteiger partial charge in [0.1, 0.15) is 6.04 Å². The molecule has 0 bridgehead atoms. The molecular formula is C18H22N4O4S. The number of methoxy groups -OCH3 is 1. The Bertz CT molecular complexity index is 891. The average Bonchev–Trinajstić information content (AvgIpc) is 3.04. The first kappa shape index (κ1) is 19.2. The molecule has 1 aliphatic rings. The van der Waals surface area contributed by atoms with Crippen LogP contribution in [0.2, 0.25) is 0 Å². The van der Waals surface area contributed by atoms with Gasteiger partial charge in [0, 0.05) is 19.5 Å². The average molecular weight is 390 g/mol. The van der Waals surface area contributed by atoms with E-state index in [0.29, 0.717) is 24.7 Å². The molecule has 0 radical (unpaired) electrons. The molecular weight excluding hydrogens is 368 g/mol. The highest BCUT2D eigenvalue weighted by atomic mass is 32.2. The van der Waals surface area contributed by atoms with Crippen molar-refractivity contribution in [2.24, 2.45) is 0 Å². The molecule has 0 unspecified atom stereocenters. The predicted octanol–water partition coefficient (Wildman–Crippen LogP) is 1.20. The molecule has 8 nitrogen and oxygen atoms in total. The van der Waals surface area contributed by atoms with Gasteiger partial charge in [-0.25, -0.2) is 14.7 Å². The second-order valence-corrected chi connectivity index (χ2v) is 7.23. The van der Waals surface area contributed by atoms with Gasteiger partial charge in [-0.1, -0.05) is 43.0 Å². The Morgan fingerprint density at radius 3 is 2.78 bits per heavy atom. The highest BCUT2D eigenvalue weighted by molar-refractivity contribution is 7.99. The van der Waals surface area contributed by atoms with Crippen molar-refractivity contribution in [3.05, 3.63) is 45.9 Å². The third-order valence-corrected chi connectivity index (χ3v) is 5.50. The number of rotatable bonds is 6. The summed E-state index contributed by atoms with van der Waals surface area (Å²) in [4.78, 5) is 38.4. The standard InChI is InChI=1S/C18H22N4O4S/c1-3-8-21-17(25)19-20-18(21)27-11-15(23)22-10-13-7-5-4-6-12(13)9-14(22)16(24)26-2/h4-7,14H,3,8-11H2,1-2H3,(H,19,25)/t14-/m1/s1. The van der Waals surface area contributed by atoms with E-state index in [0.717, 1.165) is 17.5 Å². The fourth-order valence-corrected chi connectivity index (χ4v) is 4.03. The Hall–Kier alpha value is -2.55. The molecule has 144 valence electrons. The van der Waals surface area contributed by atoms with Crippen LogP contribution in [0.25, 0.3) is 0 Å². The summed E-state index contributed by atoms with van der Waals surface area (Å²) in [7, 11) is 1.33. The Labute approximate surface area is 160 Å². The van der Waals surface area contributed by atoms with Gasteiger partial charge in [-0.05, 0) is 17.5 Å². The van der Waals surface area contributed by atoms with Crippen LogP contribution in [0, 0.1) is 0 Å². The number of H-pyrrole nitrogens is 1. The van der Waals surface area contributed by atoms with Gasteiger partial charge in [0.15, 0.2) is 5.16 Å². The summed E-state index contributed by atoms with van der Waals surface area (Å²) in [5.41, 5.74) is 1.79. The van der Waals surface area contributed by atoms with Crippen LogP contribution in [-0.4, -0.2) is 50.4 Å². The lowest BCUT2D eigenvalue weighted by atomic mass is 9.94. The van der Waals surface area contributed by atoms with E-state index >= 15 is 0 Å². The number of hydrogen-bond acceptors (Lipinski definition) is 6. The van der Waals surface area contributed by atoms with Crippen molar-refractivity contribution < 1.29 is 14.3 Å².